The fourth-order valence-electron chi connectivity index (χ4n) is 3.22. The zero-order chi connectivity index (χ0) is 13.8. The van der Waals surface area contributed by atoms with Crippen molar-refractivity contribution in [2.45, 2.75) is 32.2 Å². The van der Waals surface area contributed by atoms with Crippen LogP contribution < -0.4 is 5.32 Å². The first-order valence-corrected chi connectivity index (χ1v) is 7.90. The Hall–Kier alpha value is -0.740. The number of fused-ring (bicyclic) bond motifs is 1. The standard InChI is InChI=1S/C17H25N3.2ClH/c1-2-3-4-17(20-11-9-18-10-12-20)15-6-5-14-7-8-19-16(14)13-15;;/h5-8,13,17-19H,2-4,9-12H2,1H3;2*1H/t17-;;/m0../s1. The first-order valence-electron chi connectivity index (χ1n) is 7.90. The van der Waals surface area contributed by atoms with E-state index < -0.39 is 0 Å². The van der Waals surface area contributed by atoms with E-state index >= 15 is 0 Å². The van der Waals surface area contributed by atoms with Gasteiger partial charge in [-0.05, 0) is 29.5 Å². The molecular weight excluding hydrogens is 317 g/mol. The van der Waals surface area contributed by atoms with E-state index in [4.69, 9.17) is 0 Å². The third-order valence-electron chi connectivity index (χ3n) is 4.39. The first kappa shape index (κ1) is 19.3. The third-order valence-corrected chi connectivity index (χ3v) is 4.39. The molecule has 1 aromatic carbocycles. The van der Waals surface area contributed by atoms with Crippen molar-refractivity contribution in [3.05, 3.63) is 36.0 Å². The van der Waals surface area contributed by atoms with Gasteiger partial charge in [0.1, 0.15) is 0 Å². The molecule has 0 spiro atoms. The molecular formula is C17H27Cl2N3. The topological polar surface area (TPSA) is 31.1 Å². The van der Waals surface area contributed by atoms with Gasteiger partial charge in [0.15, 0.2) is 0 Å². The summed E-state index contributed by atoms with van der Waals surface area (Å²) < 4.78 is 0. The van der Waals surface area contributed by atoms with Crippen molar-refractivity contribution in [3.63, 3.8) is 0 Å². The van der Waals surface area contributed by atoms with Gasteiger partial charge in [0, 0.05) is 43.9 Å². The molecule has 1 saturated heterocycles. The number of unbranched alkanes of at least 4 members (excludes halogenated alkanes) is 1. The lowest BCUT2D eigenvalue weighted by molar-refractivity contribution is 0.163. The maximum atomic E-state index is 3.45. The summed E-state index contributed by atoms with van der Waals surface area (Å²) in [4.78, 5) is 5.99. The smallest absolute Gasteiger partial charge is 0.0457 e. The molecule has 0 radical (unpaired) electrons. The normalized spacial score (nSPS) is 16.8. The van der Waals surface area contributed by atoms with E-state index in [2.05, 4.69) is 46.4 Å². The Kier molecular flexibility index (Phi) is 8.26. The second-order valence-corrected chi connectivity index (χ2v) is 5.77. The Morgan fingerprint density at radius 3 is 2.64 bits per heavy atom. The fraction of sp³-hybridized carbons (Fsp3) is 0.529. The van der Waals surface area contributed by atoms with Crippen molar-refractivity contribution in [2.75, 3.05) is 26.2 Å². The van der Waals surface area contributed by atoms with E-state index in [1.54, 1.807) is 0 Å². The molecule has 2 aromatic rings. The van der Waals surface area contributed by atoms with E-state index in [-0.39, 0.29) is 24.8 Å². The minimum absolute atomic E-state index is 0. The first-order chi connectivity index (χ1) is 9.88. The van der Waals surface area contributed by atoms with E-state index in [9.17, 15) is 0 Å². The van der Waals surface area contributed by atoms with Gasteiger partial charge in [-0.2, -0.15) is 0 Å². The second-order valence-electron chi connectivity index (χ2n) is 5.77. The van der Waals surface area contributed by atoms with E-state index in [1.807, 2.05) is 6.20 Å². The number of hydrogen-bond donors (Lipinski definition) is 2. The predicted molar refractivity (Wildman–Crippen MR) is 99.5 cm³/mol. The summed E-state index contributed by atoms with van der Waals surface area (Å²) in [7, 11) is 0. The quantitative estimate of drug-likeness (QED) is 0.854. The summed E-state index contributed by atoms with van der Waals surface area (Å²) in [6.07, 6.45) is 5.87. The number of aromatic nitrogens is 1. The molecule has 1 fully saturated rings. The number of aromatic amines is 1. The number of benzene rings is 1. The van der Waals surface area contributed by atoms with Crippen LogP contribution in [0.3, 0.4) is 0 Å². The summed E-state index contributed by atoms with van der Waals surface area (Å²) in [5, 5.41) is 4.76. The Balaban J connectivity index is 0.00000121. The second kappa shape index (κ2) is 9.41. The van der Waals surface area contributed by atoms with Crippen LogP contribution in [0.2, 0.25) is 0 Å². The van der Waals surface area contributed by atoms with E-state index in [0.29, 0.717) is 6.04 Å². The Morgan fingerprint density at radius 2 is 1.91 bits per heavy atom. The molecule has 0 unspecified atom stereocenters. The number of rotatable bonds is 5. The van der Waals surface area contributed by atoms with Gasteiger partial charge in [0.05, 0.1) is 0 Å². The van der Waals surface area contributed by atoms with Crippen LogP contribution in [0, 0.1) is 0 Å². The van der Waals surface area contributed by atoms with Crippen molar-refractivity contribution >= 4 is 35.7 Å². The van der Waals surface area contributed by atoms with Gasteiger partial charge in [-0.3, -0.25) is 4.90 Å². The summed E-state index contributed by atoms with van der Waals surface area (Å²) in [6.45, 7) is 6.85. The van der Waals surface area contributed by atoms with E-state index in [0.717, 1.165) is 26.2 Å². The molecule has 3 nitrogen and oxygen atoms in total. The van der Waals surface area contributed by atoms with Crippen molar-refractivity contribution < 1.29 is 0 Å². The van der Waals surface area contributed by atoms with Gasteiger partial charge < -0.3 is 10.3 Å². The molecule has 1 aromatic heterocycles. The molecule has 0 aliphatic carbocycles. The monoisotopic (exact) mass is 343 g/mol. The highest BCUT2D eigenvalue weighted by Gasteiger charge is 2.21. The molecule has 5 heteroatoms. The summed E-state index contributed by atoms with van der Waals surface area (Å²) in [5.74, 6) is 0. The molecule has 1 atom stereocenters. The molecule has 2 N–H and O–H groups in total. The van der Waals surface area contributed by atoms with Gasteiger partial charge in [-0.1, -0.05) is 31.9 Å². The van der Waals surface area contributed by atoms with Crippen LogP contribution >= 0.6 is 24.8 Å². The van der Waals surface area contributed by atoms with Crippen LogP contribution in [0.1, 0.15) is 37.8 Å². The molecule has 124 valence electrons. The highest BCUT2D eigenvalue weighted by molar-refractivity contribution is 5.85. The van der Waals surface area contributed by atoms with Crippen LogP contribution in [0.15, 0.2) is 30.5 Å². The van der Waals surface area contributed by atoms with Crippen LogP contribution in [0.4, 0.5) is 0 Å². The summed E-state index contributed by atoms with van der Waals surface area (Å²) >= 11 is 0. The van der Waals surface area contributed by atoms with Gasteiger partial charge in [-0.15, -0.1) is 24.8 Å². The lowest BCUT2D eigenvalue weighted by Gasteiger charge is -2.35. The largest absolute Gasteiger partial charge is 0.361 e. The van der Waals surface area contributed by atoms with Crippen LogP contribution in [0.5, 0.6) is 0 Å². The summed E-state index contributed by atoms with van der Waals surface area (Å²) in [5.41, 5.74) is 2.73. The lowest BCUT2D eigenvalue weighted by atomic mass is 9.98. The van der Waals surface area contributed by atoms with Crippen LogP contribution in [-0.4, -0.2) is 36.1 Å². The highest BCUT2D eigenvalue weighted by Crippen LogP contribution is 2.28. The zero-order valence-corrected chi connectivity index (χ0v) is 14.8. The minimum atomic E-state index is 0. The maximum Gasteiger partial charge on any atom is 0.0457 e. The van der Waals surface area contributed by atoms with Gasteiger partial charge in [-0.25, -0.2) is 0 Å². The number of H-pyrrole nitrogens is 1. The van der Waals surface area contributed by atoms with Crippen LogP contribution in [0.25, 0.3) is 10.9 Å². The zero-order valence-electron chi connectivity index (χ0n) is 13.2. The Morgan fingerprint density at radius 1 is 1.14 bits per heavy atom. The molecule has 0 amide bonds. The van der Waals surface area contributed by atoms with Crippen molar-refractivity contribution in [3.8, 4) is 0 Å². The third kappa shape index (κ3) is 4.39. The Labute approximate surface area is 145 Å². The van der Waals surface area contributed by atoms with Crippen LogP contribution in [-0.2, 0) is 0 Å². The molecule has 0 saturated carbocycles. The number of nitrogens with one attached hydrogen (secondary N) is 2. The molecule has 22 heavy (non-hydrogen) atoms. The van der Waals surface area contributed by atoms with Crippen molar-refractivity contribution in [1.29, 1.82) is 0 Å². The maximum absolute atomic E-state index is 3.45. The number of hydrogen-bond acceptors (Lipinski definition) is 2. The molecule has 2 heterocycles. The summed E-state index contributed by atoms with van der Waals surface area (Å²) in [6, 6.07) is 9.63. The molecule has 0 bridgehead atoms. The fourth-order valence-corrected chi connectivity index (χ4v) is 3.22. The van der Waals surface area contributed by atoms with Crippen molar-refractivity contribution in [1.82, 2.24) is 15.2 Å². The average Bonchev–Trinajstić information content (AvgIpc) is 2.96. The number of nitrogens with zero attached hydrogens (tertiary/aromatic N) is 1. The van der Waals surface area contributed by atoms with Gasteiger partial charge in [0.25, 0.3) is 0 Å². The number of halogens is 2. The van der Waals surface area contributed by atoms with Gasteiger partial charge >= 0.3 is 0 Å². The number of piperazine rings is 1. The molecule has 1 aliphatic heterocycles. The average molecular weight is 344 g/mol. The Bertz CT molecular complexity index is 550. The van der Waals surface area contributed by atoms with Crippen molar-refractivity contribution in [2.24, 2.45) is 0 Å². The molecule has 1 aliphatic rings. The SMILES string of the molecule is CCCC[C@@H](c1ccc2cc[nH]c2c1)N1CCNCC1.Cl.Cl. The highest BCUT2D eigenvalue weighted by atomic mass is 35.5. The predicted octanol–water partition coefficient (Wildman–Crippen LogP) is 4.15. The lowest BCUT2D eigenvalue weighted by Crippen LogP contribution is -2.45. The molecule has 3 rings (SSSR count). The van der Waals surface area contributed by atoms with Gasteiger partial charge in [0.2, 0.25) is 0 Å². The minimum Gasteiger partial charge on any atom is -0.361 e. The van der Waals surface area contributed by atoms with E-state index in [1.165, 1.54) is 35.7 Å².